The topological polar surface area (TPSA) is 24.9 Å². The van der Waals surface area contributed by atoms with Crippen LogP contribution in [0.25, 0.3) is 10.9 Å². The summed E-state index contributed by atoms with van der Waals surface area (Å²) in [7, 11) is 2.05. The number of pyridine rings is 1. The fourth-order valence-corrected chi connectivity index (χ4v) is 3.55. The van der Waals surface area contributed by atoms with E-state index in [-0.39, 0.29) is 0 Å². The fraction of sp³-hybridized carbons (Fsp3) is 0.211. The van der Waals surface area contributed by atoms with Gasteiger partial charge in [-0.15, -0.1) is 0 Å². The SMILES string of the molecule is CNC(c1cccc2cccnc12)C1Cc2ccccc21. The van der Waals surface area contributed by atoms with E-state index in [9.17, 15) is 0 Å². The maximum Gasteiger partial charge on any atom is 0.0749 e. The van der Waals surface area contributed by atoms with E-state index in [1.807, 2.05) is 19.3 Å². The Morgan fingerprint density at radius 2 is 1.90 bits per heavy atom. The van der Waals surface area contributed by atoms with E-state index in [1.54, 1.807) is 0 Å². The number of nitrogens with zero attached hydrogens (tertiary/aromatic N) is 1. The van der Waals surface area contributed by atoms with Gasteiger partial charge in [0.05, 0.1) is 5.52 Å². The molecule has 1 aromatic heterocycles. The van der Waals surface area contributed by atoms with E-state index in [1.165, 1.54) is 22.1 Å². The Morgan fingerprint density at radius 1 is 1.05 bits per heavy atom. The minimum Gasteiger partial charge on any atom is -0.312 e. The van der Waals surface area contributed by atoms with Gasteiger partial charge in [0.2, 0.25) is 0 Å². The monoisotopic (exact) mass is 274 g/mol. The Morgan fingerprint density at radius 3 is 2.76 bits per heavy atom. The molecule has 4 rings (SSSR count). The lowest BCUT2D eigenvalue weighted by molar-refractivity contribution is 0.441. The van der Waals surface area contributed by atoms with Crippen LogP contribution >= 0.6 is 0 Å². The molecule has 0 aliphatic heterocycles. The standard InChI is InChI=1S/C19H18N2/c1-20-19(17-12-14-6-2-3-9-15(14)17)16-10-4-7-13-8-5-11-21-18(13)16/h2-11,17,19-20H,12H2,1H3. The molecule has 1 heterocycles. The Bertz CT molecular complexity index is 789. The summed E-state index contributed by atoms with van der Waals surface area (Å²) in [5, 5.41) is 4.72. The zero-order valence-corrected chi connectivity index (χ0v) is 12.1. The van der Waals surface area contributed by atoms with Gasteiger partial charge in [0.25, 0.3) is 0 Å². The molecule has 2 heteroatoms. The average Bonchev–Trinajstić information content (AvgIpc) is 2.52. The normalized spacial score (nSPS) is 18.0. The van der Waals surface area contributed by atoms with Crippen LogP contribution in [-0.4, -0.2) is 12.0 Å². The molecule has 21 heavy (non-hydrogen) atoms. The van der Waals surface area contributed by atoms with E-state index < -0.39 is 0 Å². The molecule has 1 aliphatic rings. The van der Waals surface area contributed by atoms with Crippen molar-refractivity contribution in [1.29, 1.82) is 0 Å². The van der Waals surface area contributed by atoms with Crippen LogP contribution in [0.15, 0.2) is 60.8 Å². The Balaban J connectivity index is 1.80. The predicted octanol–water partition coefficient (Wildman–Crippen LogP) is 3.84. The number of rotatable bonds is 3. The Labute approximate surface area is 124 Å². The fourth-order valence-electron chi connectivity index (χ4n) is 3.55. The third kappa shape index (κ3) is 1.95. The summed E-state index contributed by atoms with van der Waals surface area (Å²) in [5.41, 5.74) is 5.37. The van der Waals surface area contributed by atoms with Crippen molar-refractivity contribution in [2.75, 3.05) is 7.05 Å². The van der Waals surface area contributed by atoms with E-state index in [4.69, 9.17) is 0 Å². The summed E-state index contributed by atoms with van der Waals surface area (Å²) >= 11 is 0. The second kappa shape index (κ2) is 4.97. The quantitative estimate of drug-likeness (QED) is 0.785. The summed E-state index contributed by atoms with van der Waals surface area (Å²) in [6.45, 7) is 0. The maximum absolute atomic E-state index is 4.61. The molecule has 0 saturated carbocycles. The molecule has 0 fully saturated rings. The lowest BCUT2D eigenvalue weighted by Gasteiger charge is -2.37. The molecule has 2 nitrogen and oxygen atoms in total. The number of fused-ring (bicyclic) bond motifs is 2. The van der Waals surface area contributed by atoms with Gasteiger partial charge in [-0.3, -0.25) is 4.98 Å². The third-order valence-electron chi connectivity index (χ3n) is 4.61. The summed E-state index contributed by atoms with van der Waals surface area (Å²) < 4.78 is 0. The minimum absolute atomic E-state index is 0.318. The van der Waals surface area contributed by atoms with E-state index in [0.717, 1.165) is 11.9 Å². The third-order valence-corrected chi connectivity index (χ3v) is 4.61. The van der Waals surface area contributed by atoms with Gasteiger partial charge < -0.3 is 5.32 Å². The lowest BCUT2D eigenvalue weighted by Crippen LogP contribution is -2.31. The van der Waals surface area contributed by atoms with Crippen molar-refractivity contribution in [3.8, 4) is 0 Å². The van der Waals surface area contributed by atoms with Gasteiger partial charge in [0.1, 0.15) is 0 Å². The molecule has 2 unspecified atom stereocenters. The zero-order valence-electron chi connectivity index (χ0n) is 12.1. The molecular formula is C19H18N2. The smallest absolute Gasteiger partial charge is 0.0749 e. The maximum atomic E-state index is 4.61. The van der Waals surface area contributed by atoms with Crippen molar-refractivity contribution in [2.45, 2.75) is 18.4 Å². The molecule has 0 amide bonds. The average molecular weight is 274 g/mol. The molecular weight excluding hydrogens is 256 g/mol. The van der Waals surface area contributed by atoms with Crippen molar-refractivity contribution in [2.24, 2.45) is 0 Å². The number of hydrogen-bond donors (Lipinski definition) is 1. The van der Waals surface area contributed by atoms with Crippen LogP contribution in [0.3, 0.4) is 0 Å². The molecule has 0 spiro atoms. The van der Waals surface area contributed by atoms with Crippen molar-refractivity contribution in [3.05, 3.63) is 77.5 Å². The molecule has 0 radical (unpaired) electrons. The first-order chi connectivity index (χ1) is 10.4. The van der Waals surface area contributed by atoms with Crippen molar-refractivity contribution in [1.82, 2.24) is 10.3 Å². The van der Waals surface area contributed by atoms with E-state index in [0.29, 0.717) is 12.0 Å². The highest BCUT2D eigenvalue weighted by Gasteiger charge is 2.33. The second-order valence-corrected chi connectivity index (χ2v) is 5.70. The number of hydrogen-bond acceptors (Lipinski definition) is 2. The number of benzene rings is 2. The highest BCUT2D eigenvalue weighted by molar-refractivity contribution is 5.82. The van der Waals surface area contributed by atoms with Crippen LogP contribution in [0.5, 0.6) is 0 Å². The molecule has 2 atom stereocenters. The Kier molecular flexibility index (Phi) is 2.97. The highest BCUT2D eigenvalue weighted by Crippen LogP contribution is 2.44. The molecule has 0 bridgehead atoms. The summed E-state index contributed by atoms with van der Waals surface area (Å²) in [4.78, 5) is 4.61. The first-order valence-electron chi connectivity index (χ1n) is 7.47. The van der Waals surface area contributed by atoms with Gasteiger partial charge in [-0.05, 0) is 36.2 Å². The largest absolute Gasteiger partial charge is 0.312 e. The molecule has 2 aromatic carbocycles. The summed E-state index contributed by atoms with van der Waals surface area (Å²) in [6.07, 6.45) is 3.03. The van der Waals surface area contributed by atoms with Crippen molar-refractivity contribution in [3.63, 3.8) is 0 Å². The first kappa shape index (κ1) is 12.5. The van der Waals surface area contributed by atoms with Crippen LogP contribution in [0, 0.1) is 0 Å². The van der Waals surface area contributed by atoms with E-state index in [2.05, 4.69) is 58.8 Å². The first-order valence-corrected chi connectivity index (χ1v) is 7.47. The van der Waals surface area contributed by atoms with Crippen LogP contribution in [0.4, 0.5) is 0 Å². The number of para-hydroxylation sites is 1. The van der Waals surface area contributed by atoms with Crippen LogP contribution in [0.2, 0.25) is 0 Å². The molecule has 3 aromatic rings. The second-order valence-electron chi connectivity index (χ2n) is 5.70. The minimum atomic E-state index is 0.318. The molecule has 104 valence electrons. The van der Waals surface area contributed by atoms with Gasteiger partial charge in [0.15, 0.2) is 0 Å². The van der Waals surface area contributed by atoms with Gasteiger partial charge in [0, 0.05) is 23.5 Å². The van der Waals surface area contributed by atoms with Gasteiger partial charge >= 0.3 is 0 Å². The molecule has 1 aliphatic carbocycles. The van der Waals surface area contributed by atoms with E-state index >= 15 is 0 Å². The molecule has 1 N–H and O–H groups in total. The number of aromatic nitrogens is 1. The van der Waals surface area contributed by atoms with Gasteiger partial charge in [-0.1, -0.05) is 48.5 Å². The highest BCUT2D eigenvalue weighted by atomic mass is 14.9. The van der Waals surface area contributed by atoms with Gasteiger partial charge in [-0.25, -0.2) is 0 Å². The van der Waals surface area contributed by atoms with Crippen LogP contribution in [-0.2, 0) is 6.42 Å². The summed E-state index contributed by atoms with van der Waals surface area (Å²) in [6, 6.07) is 19.7. The zero-order chi connectivity index (χ0) is 14.2. The van der Waals surface area contributed by atoms with Crippen LogP contribution in [0.1, 0.15) is 28.7 Å². The number of nitrogens with one attached hydrogen (secondary N) is 1. The number of likely N-dealkylation sites (N-methyl/N-ethyl adjacent to an activating group) is 1. The van der Waals surface area contributed by atoms with Crippen molar-refractivity contribution >= 4 is 10.9 Å². The Hall–Kier alpha value is -2.19. The van der Waals surface area contributed by atoms with Crippen molar-refractivity contribution < 1.29 is 0 Å². The summed E-state index contributed by atoms with van der Waals surface area (Å²) in [5.74, 6) is 0.541. The lowest BCUT2D eigenvalue weighted by atomic mass is 9.71. The molecule has 0 saturated heterocycles. The van der Waals surface area contributed by atoms with Crippen LogP contribution < -0.4 is 5.32 Å². The van der Waals surface area contributed by atoms with Gasteiger partial charge in [-0.2, -0.15) is 0 Å². The predicted molar refractivity (Wildman–Crippen MR) is 86.4 cm³/mol.